The molecular formula is C18H31N3. The number of hydrogen-bond donors (Lipinski definition) is 1. The highest BCUT2D eigenvalue weighted by molar-refractivity contribution is 5.14. The molecule has 0 unspecified atom stereocenters. The van der Waals surface area contributed by atoms with Gasteiger partial charge in [-0.25, -0.2) is 0 Å². The Morgan fingerprint density at radius 1 is 1.33 bits per heavy atom. The number of piperidine rings is 1. The van der Waals surface area contributed by atoms with E-state index in [1.54, 1.807) is 0 Å². The van der Waals surface area contributed by atoms with Gasteiger partial charge in [0.1, 0.15) is 0 Å². The molecule has 3 heteroatoms. The third kappa shape index (κ3) is 5.76. The maximum absolute atomic E-state index is 4.64. The highest BCUT2D eigenvalue weighted by Crippen LogP contribution is 2.28. The molecule has 1 N–H and O–H groups in total. The first-order valence-electron chi connectivity index (χ1n) is 8.31. The summed E-state index contributed by atoms with van der Waals surface area (Å²) in [4.78, 5) is 7.18. The van der Waals surface area contributed by atoms with Gasteiger partial charge in [-0.3, -0.25) is 9.88 Å². The van der Waals surface area contributed by atoms with E-state index in [2.05, 4.69) is 55.0 Å². The zero-order valence-corrected chi connectivity index (χ0v) is 14.2. The van der Waals surface area contributed by atoms with Gasteiger partial charge < -0.3 is 5.32 Å². The maximum atomic E-state index is 4.64. The van der Waals surface area contributed by atoms with E-state index in [0.29, 0.717) is 11.3 Å². The Labute approximate surface area is 130 Å². The summed E-state index contributed by atoms with van der Waals surface area (Å²) in [7, 11) is 0. The largest absolute Gasteiger partial charge is 0.312 e. The topological polar surface area (TPSA) is 28.2 Å². The number of nitrogens with zero attached hydrogens (tertiary/aromatic N) is 2. The fourth-order valence-corrected chi connectivity index (χ4v) is 3.07. The molecule has 3 nitrogen and oxygen atoms in total. The molecule has 0 aromatic carbocycles. The van der Waals surface area contributed by atoms with Crippen molar-refractivity contribution in [1.82, 2.24) is 15.2 Å². The van der Waals surface area contributed by atoms with E-state index in [1.807, 2.05) is 6.20 Å². The first-order valence-corrected chi connectivity index (χ1v) is 8.31. The number of pyridine rings is 1. The van der Waals surface area contributed by atoms with E-state index in [0.717, 1.165) is 19.6 Å². The summed E-state index contributed by atoms with van der Waals surface area (Å²) in [6, 6.07) is 4.40. The van der Waals surface area contributed by atoms with Crippen LogP contribution in [0.2, 0.25) is 0 Å². The van der Waals surface area contributed by atoms with Crippen LogP contribution in [0.4, 0.5) is 0 Å². The fourth-order valence-electron chi connectivity index (χ4n) is 3.07. The van der Waals surface area contributed by atoms with Gasteiger partial charge in [0.15, 0.2) is 0 Å². The van der Waals surface area contributed by atoms with Gasteiger partial charge in [0.05, 0.1) is 5.69 Å². The lowest BCUT2D eigenvalue weighted by atomic mass is 9.84. The molecule has 21 heavy (non-hydrogen) atoms. The molecule has 0 spiro atoms. The van der Waals surface area contributed by atoms with Gasteiger partial charge in [0.25, 0.3) is 0 Å². The van der Waals surface area contributed by atoms with Crippen LogP contribution in [0.25, 0.3) is 0 Å². The SMILES string of the molecule is CC(C)CNCc1ccc(CN2CCCC(C)(C)C2)nc1. The molecule has 1 aromatic heterocycles. The van der Waals surface area contributed by atoms with Crippen LogP contribution in [0.3, 0.4) is 0 Å². The number of hydrogen-bond acceptors (Lipinski definition) is 3. The van der Waals surface area contributed by atoms with Crippen LogP contribution >= 0.6 is 0 Å². The summed E-state index contributed by atoms with van der Waals surface area (Å²) in [6.45, 7) is 14.6. The van der Waals surface area contributed by atoms with Crippen LogP contribution in [0, 0.1) is 11.3 Å². The molecule has 0 aliphatic carbocycles. The number of aromatic nitrogens is 1. The first kappa shape index (κ1) is 16.4. The third-order valence-electron chi connectivity index (χ3n) is 4.13. The van der Waals surface area contributed by atoms with Crippen molar-refractivity contribution in [3.63, 3.8) is 0 Å². The van der Waals surface area contributed by atoms with Gasteiger partial charge in [-0.2, -0.15) is 0 Å². The Bertz CT molecular complexity index is 423. The van der Waals surface area contributed by atoms with Crippen molar-refractivity contribution < 1.29 is 0 Å². The number of rotatable bonds is 6. The lowest BCUT2D eigenvalue weighted by Crippen LogP contribution is -2.39. The molecule has 1 aliphatic rings. The average Bonchev–Trinajstić information content (AvgIpc) is 2.39. The van der Waals surface area contributed by atoms with Crippen molar-refractivity contribution >= 4 is 0 Å². The smallest absolute Gasteiger partial charge is 0.0544 e. The van der Waals surface area contributed by atoms with Crippen molar-refractivity contribution in [3.8, 4) is 0 Å². The van der Waals surface area contributed by atoms with Gasteiger partial charge in [-0.1, -0.05) is 33.8 Å². The minimum Gasteiger partial charge on any atom is -0.312 e. The van der Waals surface area contributed by atoms with Crippen molar-refractivity contribution in [1.29, 1.82) is 0 Å². The van der Waals surface area contributed by atoms with Gasteiger partial charge in [-0.15, -0.1) is 0 Å². The lowest BCUT2D eigenvalue weighted by Gasteiger charge is -2.37. The molecule has 0 amide bonds. The third-order valence-corrected chi connectivity index (χ3v) is 4.13. The maximum Gasteiger partial charge on any atom is 0.0544 e. The normalized spacial score (nSPS) is 19.1. The second kappa shape index (κ2) is 7.37. The Hall–Kier alpha value is -0.930. The van der Waals surface area contributed by atoms with Gasteiger partial charge >= 0.3 is 0 Å². The molecule has 1 fully saturated rings. The van der Waals surface area contributed by atoms with Crippen LogP contribution in [-0.2, 0) is 13.1 Å². The van der Waals surface area contributed by atoms with E-state index in [1.165, 1.54) is 37.2 Å². The zero-order chi connectivity index (χ0) is 15.3. The molecule has 0 saturated carbocycles. The van der Waals surface area contributed by atoms with Crippen molar-refractivity contribution in [2.75, 3.05) is 19.6 Å². The van der Waals surface area contributed by atoms with Crippen molar-refractivity contribution in [3.05, 3.63) is 29.6 Å². The predicted molar refractivity (Wildman–Crippen MR) is 89.1 cm³/mol. The minimum absolute atomic E-state index is 0.457. The van der Waals surface area contributed by atoms with E-state index in [4.69, 9.17) is 0 Å². The molecule has 0 radical (unpaired) electrons. The average molecular weight is 289 g/mol. The monoisotopic (exact) mass is 289 g/mol. The Kier molecular flexibility index (Phi) is 5.77. The lowest BCUT2D eigenvalue weighted by molar-refractivity contribution is 0.110. The minimum atomic E-state index is 0.457. The van der Waals surface area contributed by atoms with Crippen LogP contribution in [0.5, 0.6) is 0 Å². The molecular weight excluding hydrogens is 258 g/mol. The summed E-state index contributed by atoms with van der Waals surface area (Å²) >= 11 is 0. The molecule has 0 bridgehead atoms. The standard InChI is InChI=1S/C18H31N3/c1-15(2)10-19-11-16-6-7-17(20-12-16)13-21-9-5-8-18(3,4)14-21/h6-7,12,15,19H,5,8-11,13-14H2,1-4H3. The van der Waals surface area contributed by atoms with Crippen LogP contribution in [0.1, 0.15) is 51.8 Å². The summed E-state index contributed by atoms with van der Waals surface area (Å²) in [6.07, 6.45) is 4.68. The highest BCUT2D eigenvalue weighted by atomic mass is 15.1. The van der Waals surface area contributed by atoms with Crippen LogP contribution in [-0.4, -0.2) is 29.5 Å². The predicted octanol–water partition coefficient (Wildman–Crippen LogP) is 3.45. The van der Waals surface area contributed by atoms with E-state index in [9.17, 15) is 0 Å². The van der Waals surface area contributed by atoms with E-state index >= 15 is 0 Å². The second-order valence-corrected chi connectivity index (χ2v) is 7.66. The summed E-state index contributed by atoms with van der Waals surface area (Å²) < 4.78 is 0. The number of likely N-dealkylation sites (tertiary alicyclic amines) is 1. The Balaban J connectivity index is 1.82. The van der Waals surface area contributed by atoms with E-state index < -0.39 is 0 Å². The number of nitrogens with one attached hydrogen (secondary N) is 1. The van der Waals surface area contributed by atoms with Gasteiger partial charge in [0, 0.05) is 25.8 Å². The second-order valence-electron chi connectivity index (χ2n) is 7.66. The molecule has 1 saturated heterocycles. The fraction of sp³-hybridized carbons (Fsp3) is 0.722. The molecule has 2 heterocycles. The van der Waals surface area contributed by atoms with Gasteiger partial charge in [-0.05, 0) is 48.9 Å². The van der Waals surface area contributed by atoms with E-state index in [-0.39, 0.29) is 0 Å². The summed E-state index contributed by atoms with van der Waals surface area (Å²) in [5, 5.41) is 3.46. The van der Waals surface area contributed by atoms with Crippen molar-refractivity contribution in [2.24, 2.45) is 11.3 Å². The quantitative estimate of drug-likeness (QED) is 0.869. The zero-order valence-electron chi connectivity index (χ0n) is 14.2. The molecule has 0 atom stereocenters. The van der Waals surface area contributed by atoms with Crippen LogP contribution in [0.15, 0.2) is 18.3 Å². The molecule has 1 aliphatic heterocycles. The summed E-state index contributed by atoms with van der Waals surface area (Å²) in [5.74, 6) is 0.694. The molecule has 1 aromatic rings. The molecule has 118 valence electrons. The summed E-state index contributed by atoms with van der Waals surface area (Å²) in [5.41, 5.74) is 2.93. The highest BCUT2D eigenvalue weighted by Gasteiger charge is 2.26. The Morgan fingerprint density at radius 2 is 2.14 bits per heavy atom. The Morgan fingerprint density at radius 3 is 2.76 bits per heavy atom. The van der Waals surface area contributed by atoms with Crippen LogP contribution < -0.4 is 5.32 Å². The first-order chi connectivity index (χ1) is 9.94. The van der Waals surface area contributed by atoms with Gasteiger partial charge in [0.2, 0.25) is 0 Å². The van der Waals surface area contributed by atoms with Crippen molar-refractivity contribution in [2.45, 2.75) is 53.6 Å². The molecule has 2 rings (SSSR count).